The molecule has 0 saturated carbocycles. The van der Waals surface area contributed by atoms with E-state index in [1.54, 1.807) is 0 Å². The van der Waals surface area contributed by atoms with Crippen molar-refractivity contribution in [1.29, 1.82) is 0 Å². The van der Waals surface area contributed by atoms with Crippen LogP contribution in [0.2, 0.25) is 0 Å². The van der Waals surface area contributed by atoms with Gasteiger partial charge in [-0.2, -0.15) is 0 Å². The third kappa shape index (κ3) is 6.39. The van der Waals surface area contributed by atoms with Crippen molar-refractivity contribution in [3.8, 4) is 0 Å². The largest absolute Gasteiger partial charge is 2.00 e. The average Bonchev–Trinajstić information content (AvgIpc) is 1.89. The summed E-state index contributed by atoms with van der Waals surface area (Å²) in [6.45, 7) is 4.00. The fourth-order valence-electron chi connectivity index (χ4n) is 0.953. The van der Waals surface area contributed by atoms with Crippen molar-refractivity contribution in [2.45, 2.75) is 39.5 Å². The zero-order valence-corrected chi connectivity index (χ0v) is 8.00. The molecule has 0 fully saturated rings. The Morgan fingerprint density at radius 1 is 1.45 bits per heavy atom. The van der Waals surface area contributed by atoms with Crippen LogP contribution in [0.3, 0.4) is 0 Å². The van der Waals surface area contributed by atoms with Gasteiger partial charge >= 0.3 is 23.0 Å². The van der Waals surface area contributed by atoms with E-state index in [4.69, 9.17) is 5.11 Å². The van der Waals surface area contributed by atoms with Gasteiger partial charge in [0.2, 0.25) is 0 Å². The predicted octanol–water partition coefficient (Wildman–Crippen LogP) is 2.28. The monoisotopic (exact) mass is 207 g/mol. The molecule has 0 aliphatic heterocycles. The minimum absolute atomic E-state index is 0. The summed E-state index contributed by atoms with van der Waals surface area (Å²) in [5.41, 5.74) is 0. The molecule has 0 rings (SSSR count). The van der Waals surface area contributed by atoms with Gasteiger partial charge in [-0.25, -0.2) is 0 Å². The van der Waals surface area contributed by atoms with Gasteiger partial charge in [0.05, 0.1) is 5.92 Å². The number of hydrogen-bond acceptors (Lipinski definition) is 1. The van der Waals surface area contributed by atoms with Crippen LogP contribution in [0, 0.1) is 5.92 Å². The maximum Gasteiger partial charge on any atom is 2.00 e. The summed E-state index contributed by atoms with van der Waals surface area (Å²) in [7, 11) is 0. The van der Waals surface area contributed by atoms with Crippen LogP contribution in [-0.4, -0.2) is 11.1 Å². The quantitative estimate of drug-likeness (QED) is 0.703. The summed E-state index contributed by atoms with van der Waals surface area (Å²) in [6, 6.07) is 0. The summed E-state index contributed by atoms with van der Waals surface area (Å²) in [4.78, 5) is 10.4. The van der Waals surface area contributed by atoms with Crippen LogP contribution in [0.4, 0.5) is 0 Å². The topological polar surface area (TPSA) is 37.3 Å². The first-order valence-corrected chi connectivity index (χ1v) is 3.95. The second kappa shape index (κ2) is 8.09. The molecule has 0 saturated heterocycles. The van der Waals surface area contributed by atoms with Gasteiger partial charge in [-0.15, -0.1) is 0 Å². The molecule has 0 amide bonds. The van der Waals surface area contributed by atoms with Crippen molar-refractivity contribution in [2.75, 3.05) is 0 Å². The first-order chi connectivity index (χ1) is 4.72. The van der Waals surface area contributed by atoms with Crippen molar-refractivity contribution in [2.24, 2.45) is 5.92 Å². The van der Waals surface area contributed by atoms with E-state index in [0.29, 0.717) is 0 Å². The average molecular weight is 208 g/mol. The molecule has 11 heavy (non-hydrogen) atoms. The summed E-state index contributed by atoms with van der Waals surface area (Å²) in [5.74, 6) is -0.754. The second-order valence-electron chi connectivity index (χ2n) is 2.59. The van der Waals surface area contributed by atoms with Gasteiger partial charge in [-0.1, -0.05) is 26.7 Å². The Morgan fingerprint density at radius 2 is 2.00 bits per heavy atom. The van der Waals surface area contributed by atoms with Gasteiger partial charge < -0.3 is 5.11 Å². The second-order valence-corrected chi connectivity index (χ2v) is 2.59. The first-order valence-electron chi connectivity index (χ1n) is 3.95. The van der Waals surface area contributed by atoms with Crippen molar-refractivity contribution in [3.05, 3.63) is 0 Å². The summed E-state index contributed by atoms with van der Waals surface area (Å²) >= 11 is 0. The van der Waals surface area contributed by atoms with Crippen LogP contribution in [-0.2, 0) is 21.9 Å². The maximum atomic E-state index is 10.4. The number of aliphatic carboxylic acids is 1. The molecule has 0 aromatic rings. The van der Waals surface area contributed by atoms with Gasteiger partial charge in [-0.3, -0.25) is 4.79 Å². The zero-order valence-electron chi connectivity index (χ0n) is 7.06. The summed E-state index contributed by atoms with van der Waals surface area (Å²) in [5, 5.41) is 8.60. The molecule has 0 spiro atoms. The fourth-order valence-corrected chi connectivity index (χ4v) is 0.953. The number of carboxylic acids is 1. The maximum absolute atomic E-state index is 10.4. The van der Waals surface area contributed by atoms with E-state index < -0.39 is 5.97 Å². The number of carbonyl (C=O) groups is 1. The number of unbranched alkanes of at least 4 members (excludes halogenated alkanes) is 1. The van der Waals surface area contributed by atoms with Crippen LogP contribution in [0.5, 0.6) is 0 Å². The van der Waals surface area contributed by atoms with E-state index in [1.165, 1.54) is 0 Å². The third-order valence-corrected chi connectivity index (χ3v) is 1.75. The Morgan fingerprint density at radius 3 is 2.27 bits per heavy atom. The Hall–Kier alpha value is -0.0105. The van der Waals surface area contributed by atoms with Gasteiger partial charge in [0.1, 0.15) is 0 Å². The minimum atomic E-state index is -0.643. The van der Waals surface area contributed by atoms with Gasteiger partial charge in [-0.05, 0) is 12.8 Å². The van der Waals surface area contributed by atoms with Crippen molar-refractivity contribution in [3.63, 3.8) is 0 Å². The standard InChI is InChI=1S/C8H16O2.Cu/c1-3-5-6-7(4-2)8(9)10;/h7H,3-6H2,1-2H3,(H,9,10);/q;+2. The molecule has 1 N–H and O–H groups in total. The van der Waals surface area contributed by atoms with E-state index in [0.717, 1.165) is 25.7 Å². The Kier molecular flexibility index (Phi) is 9.98. The SMILES string of the molecule is CCCCC(CC)C(=O)O.[Cu+2]. The van der Waals surface area contributed by atoms with Crippen LogP contribution >= 0.6 is 0 Å². The van der Waals surface area contributed by atoms with Gasteiger partial charge in [0.25, 0.3) is 0 Å². The normalized spacial score (nSPS) is 11.8. The van der Waals surface area contributed by atoms with E-state index in [2.05, 4.69) is 6.92 Å². The number of hydrogen-bond donors (Lipinski definition) is 1. The fraction of sp³-hybridized carbons (Fsp3) is 0.875. The molecule has 1 atom stereocenters. The molecular weight excluding hydrogens is 192 g/mol. The van der Waals surface area contributed by atoms with E-state index in [-0.39, 0.29) is 23.0 Å². The van der Waals surface area contributed by atoms with Crippen LogP contribution in [0.25, 0.3) is 0 Å². The van der Waals surface area contributed by atoms with Crippen molar-refractivity contribution < 1.29 is 27.0 Å². The molecule has 2 nitrogen and oxygen atoms in total. The van der Waals surface area contributed by atoms with E-state index in [1.807, 2.05) is 6.92 Å². The Labute approximate surface area is 78.8 Å². The van der Waals surface area contributed by atoms with Crippen molar-refractivity contribution >= 4 is 5.97 Å². The smallest absolute Gasteiger partial charge is 0.481 e. The molecule has 0 aliphatic carbocycles. The number of carboxylic acid groups (broad SMARTS) is 1. The summed E-state index contributed by atoms with van der Waals surface area (Å²) < 4.78 is 0. The van der Waals surface area contributed by atoms with Crippen LogP contribution in [0.15, 0.2) is 0 Å². The van der Waals surface area contributed by atoms with Crippen LogP contribution < -0.4 is 0 Å². The third-order valence-electron chi connectivity index (χ3n) is 1.75. The molecule has 69 valence electrons. The van der Waals surface area contributed by atoms with E-state index in [9.17, 15) is 4.79 Å². The van der Waals surface area contributed by atoms with Crippen molar-refractivity contribution in [1.82, 2.24) is 0 Å². The Balaban J connectivity index is 0. The predicted molar refractivity (Wildman–Crippen MR) is 40.9 cm³/mol. The molecular formula is C8H16CuO2+2. The van der Waals surface area contributed by atoms with Crippen LogP contribution in [0.1, 0.15) is 39.5 Å². The molecule has 0 heterocycles. The molecule has 0 aliphatic rings. The Bertz CT molecular complexity index is 104. The number of rotatable bonds is 5. The molecule has 0 aromatic carbocycles. The van der Waals surface area contributed by atoms with Gasteiger partial charge in [0, 0.05) is 0 Å². The summed E-state index contributed by atoms with van der Waals surface area (Å²) in [6.07, 6.45) is 3.71. The minimum Gasteiger partial charge on any atom is -0.481 e. The van der Waals surface area contributed by atoms with Gasteiger partial charge in [0.15, 0.2) is 0 Å². The van der Waals surface area contributed by atoms with E-state index >= 15 is 0 Å². The molecule has 3 heteroatoms. The molecule has 0 bridgehead atoms. The first kappa shape index (κ1) is 13.6. The molecule has 1 unspecified atom stereocenters. The molecule has 1 radical (unpaired) electrons. The molecule has 0 aromatic heterocycles. The zero-order chi connectivity index (χ0) is 7.98.